The van der Waals surface area contributed by atoms with E-state index < -0.39 is 0 Å². The summed E-state index contributed by atoms with van der Waals surface area (Å²) in [7, 11) is 1.80. The van der Waals surface area contributed by atoms with Gasteiger partial charge in [0, 0.05) is 30.3 Å². The largest absolute Gasteiger partial charge is 0.336 e. The van der Waals surface area contributed by atoms with Gasteiger partial charge in [-0.3, -0.25) is 14.8 Å². The van der Waals surface area contributed by atoms with Crippen LogP contribution >= 0.6 is 15.9 Å². The van der Waals surface area contributed by atoms with Crippen molar-refractivity contribution in [1.29, 1.82) is 0 Å². The second-order valence-electron chi connectivity index (χ2n) is 5.04. The lowest BCUT2D eigenvalue weighted by Gasteiger charge is -2.34. The number of nitrogens with zero attached hydrogens (tertiary/aromatic N) is 3. The van der Waals surface area contributed by atoms with Gasteiger partial charge in [0.05, 0.1) is 11.1 Å². The van der Waals surface area contributed by atoms with Gasteiger partial charge in [-0.2, -0.15) is 0 Å². The topological polar surface area (TPSA) is 46.1 Å². The highest BCUT2D eigenvalue weighted by Crippen LogP contribution is 2.21. The number of para-hydroxylation sites is 1. The molecular formula is C14H16BrN3O. The third-order valence-electron chi connectivity index (χ3n) is 3.27. The van der Waals surface area contributed by atoms with Crippen LogP contribution in [0.1, 0.15) is 24.2 Å². The molecule has 1 heterocycles. The Labute approximate surface area is 121 Å². The highest BCUT2D eigenvalue weighted by Gasteiger charge is 2.28. The van der Waals surface area contributed by atoms with Crippen LogP contribution in [0.25, 0.3) is 11.0 Å². The van der Waals surface area contributed by atoms with Crippen LogP contribution in [0, 0.1) is 0 Å². The van der Waals surface area contributed by atoms with Gasteiger partial charge >= 0.3 is 0 Å². The number of halogens is 1. The summed E-state index contributed by atoms with van der Waals surface area (Å²) in [6.45, 7) is 4.02. The predicted molar refractivity (Wildman–Crippen MR) is 79.5 cm³/mol. The second-order valence-corrected chi connectivity index (χ2v) is 5.60. The van der Waals surface area contributed by atoms with Gasteiger partial charge in [-0.25, -0.2) is 0 Å². The number of hydrogen-bond acceptors (Lipinski definition) is 3. The highest BCUT2D eigenvalue weighted by atomic mass is 79.9. The van der Waals surface area contributed by atoms with Gasteiger partial charge in [-0.1, -0.05) is 22.0 Å². The number of amides is 1. The van der Waals surface area contributed by atoms with Gasteiger partial charge in [0.1, 0.15) is 5.52 Å². The molecule has 0 bridgehead atoms. The van der Waals surface area contributed by atoms with Crippen LogP contribution < -0.4 is 0 Å². The summed E-state index contributed by atoms with van der Waals surface area (Å²) in [6, 6.07) is 5.48. The Hall–Kier alpha value is -1.49. The smallest absolute Gasteiger partial charge is 0.256 e. The third-order valence-corrected chi connectivity index (χ3v) is 4.64. The zero-order valence-corrected chi connectivity index (χ0v) is 12.8. The van der Waals surface area contributed by atoms with Crippen molar-refractivity contribution in [2.75, 3.05) is 12.4 Å². The Kier molecular flexibility index (Phi) is 3.85. The summed E-state index contributed by atoms with van der Waals surface area (Å²) in [4.78, 5) is 22.8. The Morgan fingerprint density at radius 2 is 2.00 bits per heavy atom. The molecule has 1 amide bonds. The Balaban J connectivity index is 2.48. The molecule has 0 unspecified atom stereocenters. The van der Waals surface area contributed by atoms with Crippen molar-refractivity contribution in [2.45, 2.75) is 19.4 Å². The summed E-state index contributed by atoms with van der Waals surface area (Å²) in [5.41, 5.74) is 1.70. The van der Waals surface area contributed by atoms with Gasteiger partial charge in [0.25, 0.3) is 5.91 Å². The lowest BCUT2D eigenvalue weighted by Crippen LogP contribution is -2.46. The number of hydrogen-bond donors (Lipinski definition) is 0. The van der Waals surface area contributed by atoms with E-state index in [2.05, 4.69) is 25.9 Å². The van der Waals surface area contributed by atoms with E-state index in [0.717, 1.165) is 5.52 Å². The maximum atomic E-state index is 12.6. The Morgan fingerprint density at radius 3 is 2.68 bits per heavy atom. The van der Waals surface area contributed by atoms with Crippen LogP contribution in [0.3, 0.4) is 0 Å². The Morgan fingerprint density at radius 1 is 1.32 bits per heavy atom. The van der Waals surface area contributed by atoms with E-state index >= 15 is 0 Å². The molecule has 0 aliphatic rings. The summed E-state index contributed by atoms with van der Waals surface area (Å²) in [5, 5.41) is 0.707. The first kappa shape index (κ1) is 13.9. The second kappa shape index (κ2) is 5.25. The fraction of sp³-hybridized carbons (Fsp3) is 0.357. The molecule has 2 rings (SSSR count). The molecular weight excluding hydrogens is 306 g/mol. The van der Waals surface area contributed by atoms with Crippen molar-refractivity contribution >= 4 is 32.9 Å². The van der Waals surface area contributed by atoms with Crippen molar-refractivity contribution in [3.05, 3.63) is 36.2 Å². The number of carbonyl (C=O) groups excluding carboxylic acids is 1. The molecule has 0 N–H and O–H groups in total. The van der Waals surface area contributed by atoms with Crippen LogP contribution in [-0.2, 0) is 0 Å². The first-order chi connectivity index (χ1) is 8.97. The van der Waals surface area contributed by atoms with Crippen LogP contribution in [-0.4, -0.2) is 38.7 Å². The van der Waals surface area contributed by atoms with Crippen molar-refractivity contribution in [2.24, 2.45) is 0 Å². The third kappa shape index (κ3) is 2.61. The number of carbonyl (C=O) groups is 1. The van der Waals surface area contributed by atoms with Crippen molar-refractivity contribution in [3.8, 4) is 0 Å². The zero-order chi connectivity index (χ0) is 14.0. The minimum Gasteiger partial charge on any atom is -0.336 e. The fourth-order valence-corrected chi connectivity index (χ4v) is 2.09. The molecule has 0 radical (unpaired) electrons. The highest BCUT2D eigenvalue weighted by molar-refractivity contribution is 9.09. The molecule has 0 saturated heterocycles. The standard InChI is InChI=1S/C14H16BrN3O/c1-14(2,9-15)18(3)13(19)10-5-4-6-11-12(10)17-8-7-16-11/h4-8H,9H2,1-3H3. The van der Waals surface area contributed by atoms with Gasteiger partial charge in [-0.05, 0) is 26.0 Å². The first-order valence-electron chi connectivity index (χ1n) is 6.01. The first-order valence-corrected chi connectivity index (χ1v) is 7.13. The maximum Gasteiger partial charge on any atom is 0.256 e. The number of rotatable bonds is 3. The zero-order valence-electron chi connectivity index (χ0n) is 11.2. The average molecular weight is 322 g/mol. The van der Waals surface area contributed by atoms with Crippen LogP contribution in [0.15, 0.2) is 30.6 Å². The minimum absolute atomic E-state index is 0.0458. The molecule has 0 spiro atoms. The van der Waals surface area contributed by atoms with E-state index in [9.17, 15) is 4.79 Å². The summed E-state index contributed by atoms with van der Waals surface area (Å²) < 4.78 is 0. The maximum absolute atomic E-state index is 12.6. The molecule has 4 nitrogen and oxygen atoms in total. The molecule has 5 heteroatoms. The number of benzene rings is 1. The molecule has 100 valence electrons. The molecule has 19 heavy (non-hydrogen) atoms. The Bertz CT molecular complexity index is 607. The van der Waals surface area contributed by atoms with E-state index in [1.807, 2.05) is 26.0 Å². The number of fused-ring (bicyclic) bond motifs is 1. The van der Waals surface area contributed by atoms with Crippen LogP contribution in [0.5, 0.6) is 0 Å². The number of alkyl halides is 1. The number of aromatic nitrogens is 2. The van der Waals surface area contributed by atoms with E-state index in [4.69, 9.17) is 0 Å². The molecule has 1 aromatic heterocycles. The van der Waals surface area contributed by atoms with E-state index in [1.165, 1.54) is 0 Å². The van der Waals surface area contributed by atoms with Crippen molar-refractivity contribution < 1.29 is 4.79 Å². The molecule has 2 aromatic rings. The molecule has 0 atom stereocenters. The monoisotopic (exact) mass is 321 g/mol. The molecule has 0 aliphatic carbocycles. The SMILES string of the molecule is CN(C(=O)c1cccc2nccnc12)C(C)(C)CBr. The van der Waals surface area contributed by atoms with E-state index in [0.29, 0.717) is 16.4 Å². The lowest BCUT2D eigenvalue weighted by atomic mass is 10.0. The normalized spacial score (nSPS) is 11.6. The van der Waals surface area contributed by atoms with Gasteiger partial charge in [-0.15, -0.1) is 0 Å². The molecule has 0 saturated carbocycles. The minimum atomic E-state index is -0.262. The van der Waals surface area contributed by atoms with Crippen LogP contribution in [0.4, 0.5) is 0 Å². The lowest BCUT2D eigenvalue weighted by molar-refractivity contribution is 0.0665. The van der Waals surface area contributed by atoms with E-state index in [1.54, 1.807) is 30.4 Å². The predicted octanol–water partition coefficient (Wildman–Crippen LogP) is 2.88. The van der Waals surface area contributed by atoms with Crippen molar-refractivity contribution in [3.63, 3.8) is 0 Å². The quantitative estimate of drug-likeness (QED) is 0.816. The average Bonchev–Trinajstić information content (AvgIpc) is 2.45. The van der Waals surface area contributed by atoms with Gasteiger partial charge in [0.2, 0.25) is 0 Å². The van der Waals surface area contributed by atoms with E-state index in [-0.39, 0.29) is 11.4 Å². The fourth-order valence-electron chi connectivity index (χ4n) is 1.71. The van der Waals surface area contributed by atoms with Gasteiger partial charge in [0.15, 0.2) is 0 Å². The van der Waals surface area contributed by atoms with Crippen LogP contribution in [0.2, 0.25) is 0 Å². The molecule has 0 aliphatic heterocycles. The van der Waals surface area contributed by atoms with Crippen molar-refractivity contribution in [1.82, 2.24) is 14.9 Å². The molecule has 0 fully saturated rings. The summed E-state index contributed by atoms with van der Waals surface area (Å²) >= 11 is 3.44. The summed E-state index contributed by atoms with van der Waals surface area (Å²) in [5.74, 6) is -0.0458. The van der Waals surface area contributed by atoms with Gasteiger partial charge < -0.3 is 4.90 Å². The molecule has 1 aromatic carbocycles. The summed E-state index contributed by atoms with van der Waals surface area (Å²) in [6.07, 6.45) is 3.23.